The number of carbonyl (C=O) groups excluding carboxylic acids is 1. The van der Waals surface area contributed by atoms with E-state index in [1.807, 2.05) is 24.3 Å². The van der Waals surface area contributed by atoms with Crippen molar-refractivity contribution < 1.29 is 28.1 Å². The molecule has 0 saturated heterocycles. The number of benzene rings is 3. The molecule has 36 heavy (non-hydrogen) atoms. The van der Waals surface area contributed by atoms with Crippen LogP contribution >= 0.6 is 0 Å². The zero-order valence-electron chi connectivity index (χ0n) is 19.7. The van der Waals surface area contributed by atoms with Crippen LogP contribution in [0, 0.1) is 17.1 Å². The number of esters is 1. The molecule has 1 aliphatic heterocycles. The third-order valence-corrected chi connectivity index (χ3v) is 5.55. The molecule has 8 heteroatoms. The van der Waals surface area contributed by atoms with Crippen LogP contribution in [0.3, 0.4) is 0 Å². The van der Waals surface area contributed by atoms with Crippen LogP contribution in [0.15, 0.2) is 78.2 Å². The van der Waals surface area contributed by atoms with E-state index in [9.17, 15) is 14.4 Å². The van der Waals surface area contributed by atoms with Crippen molar-refractivity contribution in [3.8, 4) is 29.1 Å². The van der Waals surface area contributed by atoms with Crippen molar-refractivity contribution in [2.24, 2.45) is 5.73 Å². The molecular weight excluding hydrogens is 463 g/mol. The molecule has 1 unspecified atom stereocenters. The summed E-state index contributed by atoms with van der Waals surface area (Å²) in [5.74, 6) is 0.106. The van der Waals surface area contributed by atoms with Crippen LogP contribution in [0.1, 0.15) is 36.8 Å². The molecular formula is C28H25FN2O5. The van der Waals surface area contributed by atoms with Crippen LogP contribution in [0.5, 0.6) is 23.0 Å². The van der Waals surface area contributed by atoms with Gasteiger partial charge in [-0.3, -0.25) is 0 Å². The van der Waals surface area contributed by atoms with Gasteiger partial charge in [-0.2, -0.15) is 5.26 Å². The van der Waals surface area contributed by atoms with E-state index >= 15 is 0 Å². The number of nitrogens with zero attached hydrogens (tertiary/aromatic N) is 1. The van der Waals surface area contributed by atoms with E-state index in [2.05, 4.69) is 13.0 Å². The number of carbonyl (C=O) groups is 1. The summed E-state index contributed by atoms with van der Waals surface area (Å²) in [5, 5.41) is 9.80. The lowest BCUT2D eigenvalue weighted by Crippen LogP contribution is -2.21. The predicted octanol–water partition coefficient (Wildman–Crippen LogP) is 5.21. The number of ether oxygens (including phenoxy) is 4. The lowest BCUT2D eigenvalue weighted by atomic mass is 9.83. The number of unbranched alkanes of at least 4 members (excludes halogenated alkanes) is 1. The molecule has 1 heterocycles. The normalized spacial score (nSPS) is 14.3. The maximum atomic E-state index is 13.0. The van der Waals surface area contributed by atoms with Crippen molar-refractivity contribution in [2.45, 2.75) is 25.7 Å². The average molecular weight is 489 g/mol. The molecule has 0 spiro atoms. The number of halogens is 1. The van der Waals surface area contributed by atoms with Gasteiger partial charge in [-0.25, -0.2) is 9.18 Å². The fourth-order valence-electron chi connectivity index (χ4n) is 3.79. The van der Waals surface area contributed by atoms with Crippen molar-refractivity contribution >= 4 is 5.97 Å². The van der Waals surface area contributed by atoms with Crippen LogP contribution in [-0.4, -0.2) is 19.2 Å². The van der Waals surface area contributed by atoms with Gasteiger partial charge in [0.15, 0.2) is 6.61 Å². The molecule has 1 atom stereocenters. The molecule has 0 aromatic heterocycles. The number of allylic oxidation sites excluding steroid dienone is 1. The summed E-state index contributed by atoms with van der Waals surface area (Å²) in [4.78, 5) is 12.3. The minimum absolute atomic E-state index is 0.0181. The van der Waals surface area contributed by atoms with Crippen molar-refractivity contribution in [1.29, 1.82) is 5.26 Å². The van der Waals surface area contributed by atoms with Gasteiger partial charge in [-0.1, -0.05) is 31.5 Å². The van der Waals surface area contributed by atoms with Gasteiger partial charge in [0.25, 0.3) is 0 Å². The Morgan fingerprint density at radius 1 is 1.06 bits per heavy atom. The molecule has 0 amide bonds. The second kappa shape index (κ2) is 11.3. The Labute approximate surface area is 208 Å². The summed E-state index contributed by atoms with van der Waals surface area (Å²) in [6, 6.07) is 19.9. The smallest absolute Gasteiger partial charge is 0.349 e. The minimum Gasteiger partial charge on any atom is -0.494 e. The first-order valence-electron chi connectivity index (χ1n) is 11.5. The van der Waals surface area contributed by atoms with Gasteiger partial charge in [-0.15, -0.1) is 0 Å². The Hall–Kier alpha value is -4.51. The monoisotopic (exact) mass is 488 g/mol. The molecule has 0 bridgehead atoms. The highest BCUT2D eigenvalue weighted by atomic mass is 19.1. The highest BCUT2D eigenvalue weighted by molar-refractivity contribution is 5.74. The van der Waals surface area contributed by atoms with Crippen molar-refractivity contribution in [1.82, 2.24) is 0 Å². The largest absolute Gasteiger partial charge is 0.494 e. The lowest BCUT2D eigenvalue weighted by molar-refractivity contribution is -0.136. The molecule has 3 aromatic rings. The Morgan fingerprint density at radius 2 is 1.83 bits per heavy atom. The van der Waals surface area contributed by atoms with E-state index in [0.29, 0.717) is 29.4 Å². The third-order valence-electron chi connectivity index (χ3n) is 5.55. The van der Waals surface area contributed by atoms with E-state index in [0.717, 1.165) is 18.4 Å². The summed E-state index contributed by atoms with van der Waals surface area (Å²) in [5.41, 5.74) is 7.90. The fourth-order valence-corrected chi connectivity index (χ4v) is 3.79. The molecule has 184 valence electrons. The summed E-state index contributed by atoms with van der Waals surface area (Å²) >= 11 is 0. The number of fused-ring (bicyclic) bond motifs is 1. The van der Waals surface area contributed by atoms with Gasteiger partial charge >= 0.3 is 5.97 Å². The number of hydrogen-bond acceptors (Lipinski definition) is 7. The number of rotatable bonds is 9. The van der Waals surface area contributed by atoms with E-state index in [4.69, 9.17) is 24.7 Å². The van der Waals surface area contributed by atoms with Gasteiger partial charge in [0.05, 0.1) is 12.5 Å². The molecule has 0 aliphatic carbocycles. The van der Waals surface area contributed by atoms with Crippen LogP contribution in [-0.2, 0) is 4.79 Å². The van der Waals surface area contributed by atoms with Gasteiger partial charge in [-0.05, 0) is 54.4 Å². The first-order valence-corrected chi connectivity index (χ1v) is 11.5. The standard InChI is InChI=1S/C28H25FN2O5/c1-2-3-13-33-21-6-4-5-18(14-21)27-23-12-11-22(15-25(23)36-28(31)24(27)16-30)35-26(32)17-34-20-9-7-19(29)8-10-20/h4-12,14-15,27H,2-3,13,17,31H2,1H3. The van der Waals surface area contributed by atoms with E-state index in [-0.39, 0.29) is 23.8 Å². The first-order chi connectivity index (χ1) is 17.5. The summed E-state index contributed by atoms with van der Waals surface area (Å²) < 4.78 is 35.2. The first kappa shape index (κ1) is 24.6. The molecule has 2 N–H and O–H groups in total. The van der Waals surface area contributed by atoms with Gasteiger partial charge in [0.2, 0.25) is 5.88 Å². The van der Waals surface area contributed by atoms with Gasteiger partial charge in [0.1, 0.15) is 40.5 Å². The highest BCUT2D eigenvalue weighted by Crippen LogP contribution is 2.44. The zero-order valence-corrected chi connectivity index (χ0v) is 19.7. The molecule has 0 fully saturated rings. The molecule has 3 aromatic carbocycles. The van der Waals surface area contributed by atoms with E-state index < -0.39 is 17.7 Å². The number of nitrogens with two attached hydrogens (primary N) is 1. The van der Waals surface area contributed by atoms with E-state index in [1.54, 1.807) is 18.2 Å². The Kier molecular flexibility index (Phi) is 7.71. The lowest BCUT2D eigenvalue weighted by Gasteiger charge is -2.27. The number of hydrogen-bond donors (Lipinski definition) is 1. The molecule has 0 saturated carbocycles. The molecule has 7 nitrogen and oxygen atoms in total. The topological polar surface area (TPSA) is 104 Å². The van der Waals surface area contributed by atoms with Gasteiger partial charge in [0, 0.05) is 11.6 Å². The van der Waals surface area contributed by atoms with Crippen LogP contribution in [0.25, 0.3) is 0 Å². The Morgan fingerprint density at radius 3 is 2.58 bits per heavy atom. The average Bonchev–Trinajstić information content (AvgIpc) is 2.88. The maximum absolute atomic E-state index is 13.0. The molecule has 1 aliphatic rings. The summed E-state index contributed by atoms with van der Waals surface area (Å²) in [6.45, 7) is 2.33. The SMILES string of the molecule is CCCCOc1cccc(C2C(C#N)=C(N)Oc3cc(OC(=O)COc4ccc(F)cc4)ccc32)c1. The second-order valence-corrected chi connectivity index (χ2v) is 8.12. The Balaban J connectivity index is 1.53. The second-order valence-electron chi connectivity index (χ2n) is 8.12. The Bertz CT molecular complexity index is 1310. The quantitative estimate of drug-likeness (QED) is 0.251. The maximum Gasteiger partial charge on any atom is 0.349 e. The zero-order chi connectivity index (χ0) is 25.5. The number of nitriles is 1. The third kappa shape index (κ3) is 5.76. The fraction of sp³-hybridized carbons (Fsp3) is 0.214. The summed E-state index contributed by atoms with van der Waals surface area (Å²) in [7, 11) is 0. The predicted molar refractivity (Wildman–Crippen MR) is 130 cm³/mol. The minimum atomic E-state index is -0.648. The van der Waals surface area contributed by atoms with Crippen LogP contribution < -0.4 is 24.7 Å². The molecule has 0 radical (unpaired) electrons. The van der Waals surface area contributed by atoms with Crippen molar-refractivity contribution in [3.63, 3.8) is 0 Å². The summed E-state index contributed by atoms with van der Waals surface area (Å²) in [6.07, 6.45) is 1.97. The molecule has 4 rings (SSSR count). The highest BCUT2D eigenvalue weighted by Gasteiger charge is 2.31. The van der Waals surface area contributed by atoms with Crippen LogP contribution in [0.2, 0.25) is 0 Å². The van der Waals surface area contributed by atoms with Crippen molar-refractivity contribution in [2.75, 3.05) is 13.2 Å². The van der Waals surface area contributed by atoms with E-state index in [1.165, 1.54) is 24.3 Å². The van der Waals surface area contributed by atoms with Gasteiger partial charge < -0.3 is 24.7 Å². The van der Waals surface area contributed by atoms with Crippen LogP contribution in [0.4, 0.5) is 4.39 Å². The van der Waals surface area contributed by atoms with Crippen molar-refractivity contribution in [3.05, 3.63) is 95.1 Å².